The van der Waals surface area contributed by atoms with E-state index in [4.69, 9.17) is 10.5 Å². The van der Waals surface area contributed by atoms with Gasteiger partial charge in [0.1, 0.15) is 11.4 Å². The molecule has 1 atom stereocenters. The third-order valence-electron chi connectivity index (χ3n) is 4.81. The van der Waals surface area contributed by atoms with Gasteiger partial charge in [-0.05, 0) is 37.0 Å². The summed E-state index contributed by atoms with van der Waals surface area (Å²) in [5.74, 6) is -0.389. The largest absolute Gasteiger partial charge is 0.512 e. The van der Waals surface area contributed by atoms with E-state index >= 15 is 0 Å². The number of hydrogen-bond acceptors (Lipinski definition) is 4. The molecule has 132 valence electrons. The van der Waals surface area contributed by atoms with Crippen molar-refractivity contribution in [3.63, 3.8) is 0 Å². The Morgan fingerprint density at radius 1 is 1.25 bits per heavy atom. The predicted octanol–water partition coefficient (Wildman–Crippen LogP) is 4.86. The van der Waals surface area contributed by atoms with Crippen molar-refractivity contribution in [3.8, 4) is 0 Å². The number of cyclic esters (lactones) is 1. The van der Waals surface area contributed by atoms with Crippen LogP contribution in [0.15, 0.2) is 35.6 Å². The molecule has 0 unspecified atom stereocenters. The minimum Gasteiger partial charge on any atom is -0.512 e. The summed E-state index contributed by atoms with van der Waals surface area (Å²) in [4.78, 5) is 12.8. The number of benzene rings is 1. The molecule has 24 heavy (non-hydrogen) atoms. The first-order valence-corrected chi connectivity index (χ1v) is 8.97. The summed E-state index contributed by atoms with van der Waals surface area (Å²) < 4.78 is 5.88. The van der Waals surface area contributed by atoms with Crippen molar-refractivity contribution < 1.29 is 14.6 Å². The zero-order valence-electron chi connectivity index (χ0n) is 15.0. The zero-order chi connectivity index (χ0) is 17.7. The third-order valence-corrected chi connectivity index (χ3v) is 4.81. The minimum atomic E-state index is -0.553. The summed E-state index contributed by atoms with van der Waals surface area (Å²) in [6.07, 6.45) is 4.50. The maximum Gasteiger partial charge on any atom is 0.338 e. The number of carbonyl (C=O) groups excluding carboxylic acids is 1. The van der Waals surface area contributed by atoms with Gasteiger partial charge in [-0.3, -0.25) is 0 Å². The first-order valence-electron chi connectivity index (χ1n) is 8.97. The highest BCUT2D eigenvalue weighted by Gasteiger charge is 2.42. The molecule has 3 N–H and O–H groups in total. The Hall–Kier alpha value is -1.97. The molecule has 4 heteroatoms. The number of anilines is 1. The molecule has 0 fully saturated rings. The Morgan fingerprint density at radius 3 is 2.42 bits per heavy atom. The van der Waals surface area contributed by atoms with Gasteiger partial charge in [-0.1, -0.05) is 45.7 Å². The SMILES string of the molecule is CCCC1(CCC)CC(O)=C([C@@H](CC)c2cccc(N)c2)C(=O)O1. The monoisotopic (exact) mass is 331 g/mol. The van der Waals surface area contributed by atoms with Crippen LogP contribution in [0.4, 0.5) is 5.69 Å². The molecule has 1 aliphatic heterocycles. The summed E-state index contributed by atoms with van der Waals surface area (Å²) in [6.45, 7) is 6.15. The van der Waals surface area contributed by atoms with Crippen molar-refractivity contribution in [1.82, 2.24) is 0 Å². The summed E-state index contributed by atoms with van der Waals surface area (Å²) >= 11 is 0. The fraction of sp³-hybridized carbons (Fsp3) is 0.550. The molecule has 0 amide bonds. The van der Waals surface area contributed by atoms with Crippen LogP contribution < -0.4 is 5.73 Å². The van der Waals surface area contributed by atoms with Crippen molar-refractivity contribution >= 4 is 11.7 Å². The lowest BCUT2D eigenvalue weighted by Gasteiger charge is -2.38. The molecular formula is C20H29NO3. The van der Waals surface area contributed by atoms with E-state index < -0.39 is 5.60 Å². The van der Waals surface area contributed by atoms with Crippen molar-refractivity contribution in [3.05, 3.63) is 41.2 Å². The number of carbonyl (C=O) groups is 1. The molecule has 1 aromatic carbocycles. The molecular weight excluding hydrogens is 302 g/mol. The molecule has 0 spiro atoms. The second-order valence-electron chi connectivity index (χ2n) is 6.74. The molecule has 0 saturated carbocycles. The Balaban J connectivity index is 2.39. The molecule has 2 rings (SSSR count). The molecule has 0 aromatic heterocycles. The lowest BCUT2D eigenvalue weighted by atomic mass is 9.80. The number of ether oxygens (including phenoxy) is 1. The van der Waals surface area contributed by atoms with Gasteiger partial charge in [0.05, 0.1) is 5.57 Å². The maximum absolute atomic E-state index is 12.8. The number of esters is 1. The number of aliphatic hydroxyl groups excluding tert-OH is 1. The second kappa shape index (κ2) is 7.73. The van der Waals surface area contributed by atoms with Crippen LogP contribution in [0.5, 0.6) is 0 Å². The van der Waals surface area contributed by atoms with Crippen LogP contribution in [-0.2, 0) is 9.53 Å². The molecule has 0 bridgehead atoms. The van der Waals surface area contributed by atoms with Gasteiger partial charge in [0.25, 0.3) is 0 Å². The predicted molar refractivity (Wildman–Crippen MR) is 96.8 cm³/mol. The van der Waals surface area contributed by atoms with Crippen LogP contribution >= 0.6 is 0 Å². The van der Waals surface area contributed by atoms with Crippen molar-refractivity contribution in [2.24, 2.45) is 0 Å². The molecule has 4 nitrogen and oxygen atoms in total. The van der Waals surface area contributed by atoms with Crippen molar-refractivity contribution in [1.29, 1.82) is 0 Å². The van der Waals surface area contributed by atoms with Gasteiger partial charge >= 0.3 is 5.97 Å². The summed E-state index contributed by atoms with van der Waals surface area (Å²) in [5, 5.41) is 10.7. The number of rotatable bonds is 7. The van der Waals surface area contributed by atoms with Gasteiger partial charge in [0, 0.05) is 18.0 Å². The molecule has 1 heterocycles. The van der Waals surface area contributed by atoms with Crippen LogP contribution in [0, 0.1) is 0 Å². The standard InChI is InChI=1S/C20H29NO3/c1-4-10-20(11-5-2)13-17(22)18(19(23)24-20)16(6-3)14-8-7-9-15(21)12-14/h7-9,12,16,22H,4-6,10-11,13,21H2,1-3H3/t16-/m0/s1. The normalized spacial score (nSPS) is 18.4. The molecule has 0 aliphatic carbocycles. The quantitative estimate of drug-likeness (QED) is 0.553. The van der Waals surface area contributed by atoms with E-state index in [2.05, 4.69) is 13.8 Å². The smallest absolute Gasteiger partial charge is 0.338 e. The Morgan fingerprint density at radius 2 is 1.92 bits per heavy atom. The number of nitrogens with two attached hydrogens (primary N) is 1. The highest BCUT2D eigenvalue weighted by atomic mass is 16.6. The second-order valence-corrected chi connectivity index (χ2v) is 6.74. The first-order chi connectivity index (χ1) is 11.5. The van der Waals surface area contributed by atoms with Gasteiger partial charge < -0.3 is 15.6 Å². The van der Waals surface area contributed by atoms with E-state index in [0.717, 1.165) is 31.2 Å². The van der Waals surface area contributed by atoms with Gasteiger partial charge in [-0.2, -0.15) is 0 Å². The van der Waals surface area contributed by atoms with Gasteiger partial charge in [-0.25, -0.2) is 4.79 Å². The van der Waals surface area contributed by atoms with Gasteiger partial charge in [0.15, 0.2) is 0 Å². The summed E-state index contributed by atoms with van der Waals surface area (Å²) in [7, 11) is 0. The highest BCUT2D eigenvalue weighted by Crippen LogP contribution is 2.41. The number of hydrogen-bond donors (Lipinski definition) is 2. The van der Waals surface area contributed by atoms with Gasteiger partial charge in [-0.15, -0.1) is 0 Å². The lowest BCUT2D eigenvalue weighted by molar-refractivity contribution is -0.161. The van der Waals surface area contributed by atoms with E-state index in [9.17, 15) is 9.90 Å². The van der Waals surface area contributed by atoms with Crippen molar-refractivity contribution in [2.75, 3.05) is 5.73 Å². The molecule has 0 saturated heterocycles. The summed E-state index contributed by atoms with van der Waals surface area (Å²) in [5.41, 5.74) is 7.31. The summed E-state index contributed by atoms with van der Waals surface area (Å²) in [6, 6.07) is 7.49. The van der Waals surface area contributed by atoms with Crippen LogP contribution in [0.1, 0.15) is 70.8 Å². The Bertz CT molecular complexity index is 615. The molecule has 0 radical (unpaired) electrons. The van der Waals surface area contributed by atoms with Crippen LogP contribution in [0.25, 0.3) is 0 Å². The molecule has 1 aromatic rings. The Labute approximate surface area is 144 Å². The third kappa shape index (κ3) is 3.74. The average Bonchev–Trinajstić information content (AvgIpc) is 2.51. The van der Waals surface area contributed by atoms with Crippen LogP contribution in [0.3, 0.4) is 0 Å². The minimum absolute atomic E-state index is 0.183. The maximum atomic E-state index is 12.8. The van der Waals surface area contributed by atoms with Crippen LogP contribution in [-0.4, -0.2) is 16.7 Å². The van der Waals surface area contributed by atoms with Crippen molar-refractivity contribution in [2.45, 2.75) is 70.8 Å². The van der Waals surface area contributed by atoms with E-state index in [1.165, 1.54) is 0 Å². The van der Waals surface area contributed by atoms with Crippen LogP contribution in [0.2, 0.25) is 0 Å². The van der Waals surface area contributed by atoms with Gasteiger partial charge in [0.2, 0.25) is 0 Å². The zero-order valence-corrected chi connectivity index (χ0v) is 15.0. The number of nitrogen functional groups attached to an aromatic ring is 1. The number of aliphatic hydroxyl groups is 1. The fourth-order valence-corrected chi connectivity index (χ4v) is 3.85. The van der Waals surface area contributed by atoms with E-state index in [0.29, 0.717) is 24.1 Å². The Kier molecular flexibility index (Phi) is 5.92. The molecule has 1 aliphatic rings. The van der Waals surface area contributed by atoms with E-state index in [-0.39, 0.29) is 17.6 Å². The van der Waals surface area contributed by atoms with E-state index in [1.807, 2.05) is 31.2 Å². The first kappa shape index (κ1) is 18.4. The highest BCUT2D eigenvalue weighted by molar-refractivity contribution is 5.92. The topological polar surface area (TPSA) is 72.5 Å². The van der Waals surface area contributed by atoms with E-state index in [1.54, 1.807) is 0 Å². The fourth-order valence-electron chi connectivity index (χ4n) is 3.85. The lowest BCUT2D eigenvalue weighted by Crippen LogP contribution is -2.41. The average molecular weight is 331 g/mol.